The quantitative estimate of drug-likeness (QED) is 0.747. The molecule has 0 saturated heterocycles. The highest BCUT2D eigenvalue weighted by molar-refractivity contribution is 6.31. The molecule has 8 heteroatoms. The van der Waals surface area contributed by atoms with E-state index in [1.54, 1.807) is 18.1 Å². The molecule has 2 atom stereocenters. The molecule has 0 saturated carbocycles. The van der Waals surface area contributed by atoms with E-state index in [0.717, 1.165) is 0 Å². The number of anilines is 1. The van der Waals surface area contributed by atoms with Crippen LogP contribution in [0.5, 0.6) is 11.5 Å². The molecule has 1 N–H and O–H groups in total. The molecule has 0 aromatic heterocycles. The SMILES string of the molecule is COc1ccc(C(C)C(O)(c2ccc3c(c2)N(C)C=CO3)C(F)(F)F)c(Cl)c1. The van der Waals surface area contributed by atoms with Crippen molar-refractivity contribution in [2.45, 2.75) is 24.6 Å². The highest BCUT2D eigenvalue weighted by atomic mass is 35.5. The Kier molecular flexibility index (Phi) is 5.25. The summed E-state index contributed by atoms with van der Waals surface area (Å²) in [5.74, 6) is -0.571. The van der Waals surface area contributed by atoms with Crippen LogP contribution in [0.4, 0.5) is 18.9 Å². The van der Waals surface area contributed by atoms with Crippen molar-refractivity contribution in [1.82, 2.24) is 0 Å². The van der Waals surface area contributed by atoms with Gasteiger partial charge in [0.05, 0.1) is 12.8 Å². The van der Waals surface area contributed by atoms with Crippen LogP contribution in [-0.2, 0) is 5.60 Å². The minimum atomic E-state index is -4.95. The molecule has 2 aromatic carbocycles. The summed E-state index contributed by atoms with van der Waals surface area (Å²) >= 11 is 6.19. The summed E-state index contributed by atoms with van der Waals surface area (Å²) in [6, 6.07) is 8.26. The number of aliphatic hydroxyl groups is 1. The predicted molar refractivity (Wildman–Crippen MR) is 101 cm³/mol. The maximum Gasteiger partial charge on any atom is 0.422 e. The standard InChI is InChI=1S/C20H19ClF3NO3/c1-12(15-6-5-14(27-3)11-16(15)21)19(26,20(22,23)24)13-4-7-18-17(10-13)25(2)8-9-28-18/h4-12,26H,1-3H3. The number of fused-ring (bicyclic) bond motifs is 1. The molecule has 3 rings (SSSR count). The fourth-order valence-electron chi connectivity index (χ4n) is 3.28. The highest BCUT2D eigenvalue weighted by Crippen LogP contribution is 2.51. The molecule has 1 aliphatic heterocycles. The van der Waals surface area contributed by atoms with Gasteiger partial charge in [-0.1, -0.05) is 30.7 Å². The van der Waals surface area contributed by atoms with Gasteiger partial charge < -0.3 is 19.5 Å². The number of rotatable bonds is 4. The largest absolute Gasteiger partial charge is 0.497 e. The van der Waals surface area contributed by atoms with E-state index in [1.807, 2.05) is 0 Å². The highest BCUT2D eigenvalue weighted by Gasteiger charge is 2.59. The topological polar surface area (TPSA) is 41.9 Å². The summed E-state index contributed by atoms with van der Waals surface area (Å²) in [4.78, 5) is 1.62. The average molecular weight is 414 g/mol. The summed E-state index contributed by atoms with van der Waals surface area (Å²) in [6.45, 7) is 1.29. The third kappa shape index (κ3) is 3.29. The molecule has 0 radical (unpaired) electrons. The maximum absolute atomic E-state index is 14.2. The van der Waals surface area contributed by atoms with Crippen molar-refractivity contribution in [3.63, 3.8) is 0 Å². The lowest BCUT2D eigenvalue weighted by atomic mass is 9.77. The first-order chi connectivity index (χ1) is 13.1. The Morgan fingerprint density at radius 2 is 1.89 bits per heavy atom. The van der Waals surface area contributed by atoms with Crippen LogP contribution in [-0.4, -0.2) is 25.4 Å². The molecule has 0 spiro atoms. The third-order valence-electron chi connectivity index (χ3n) is 4.99. The molecular weight excluding hydrogens is 395 g/mol. The molecule has 2 aromatic rings. The Morgan fingerprint density at radius 1 is 1.18 bits per heavy atom. The van der Waals surface area contributed by atoms with Crippen LogP contribution in [0, 0.1) is 0 Å². The molecule has 1 aliphatic rings. The summed E-state index contributed by atoms with van der Waals surface area (Å²) in [5.41, 5.74) is -2.90. The van der Waals surface area contributed by atoms with Crippen LogP contribution >= 0.6 is 11.6 Å². The Labute approximate surface area is 165 Å². The monoisotopic (exact) mass is 413 g/mol. The van der Waals surface area contributed by atoms with Gasteiger partial charge in [0.15, 0.2) is 5.60 Å². The number of halogens is 4. The van der Waals surface area contributed by atoms with Gasteiger partial charge in [0.2, 0.25) is 0 Å². The van der Waals surface area contributed by atoms with E-state index >= 15 is 0 Å². The maximum atomic E-state index is 14.2. The number of hydrogen-bond acceptors (Lipinski definition) is 4. The van der Waals surface area contributed by atoms with Crippen LogP contribution < -0.4 is 14.4 Å². The fraction of sp³-hybridized carbons (Fsp3) is 0.300. The number of nitrogens with zero attached hydrogens (tertiary/aromatic N) is 1. The number of benzene rings is 2. The molecule has 0 bridgehead atoms. The Bertz CT molecular complexity index is 916. The molecule has 150 valence electrons. The zero-order valence-corrected chi connectivity index (χ0v) is 16.2. The van der Waals surface area contributed by atoms with Gasteiger partial charge in [0, 0.05) is 24.2 Å². The van der Waals surface area contributed by atoms with Crippen molar-refractivity contribution >= 4 is 17.3 Å². The number of hydrogen-bond donors (Lipinski definition) is 1. The van der Waals surface area contributed by atoms with E-state index < -0.39 is 17.7 Å². The van der Waals surface area contributed by atoms with Crippen molar-refractivity contribution in [2.24, 2.45) is 0 Å². The van der Waals surface area contributed by atoms with Crippen molar-refractivity contribution in [3.8, 4) is 11.5 Å². The summed E-state index contributed by atoms with van der Waals surface area (Å²) in [5, 5.41) is 11.1. The van der Waals surface area contributed by atoms with E-state index in [1.165, 1.54) is 56.7 Å². The van der Waals surface area contributed by atoms with Gasteiger partial charge in [-0.3, -0.25) is 0 Å². The first-order valence-corrected chi connectivity index (χ1v) is 8.80. The second-order valence-corrected chi connectivity index (χ2v) is 6.98. The van der Waals surface area contributed by atoms with Gasteiger partial charge >= 0.3 is 6.18 Å². The van der Waals surface area contributed by atoms with Crippen molar-refractivity contribution < 1.29 is 27.8 Å². The summed E-state index contributed by atoms with van der Waals surface area (Å²) in [6.07, 6.45) is -1.95. The van der Waals surface area contributed by atoms with Crippen LogP contribution in [0.15, 0.2) is 48.9 Å². The van der Waals surface area contributed by atoms with Gasteiger partial charge in [-0.25, -0.2) is 0 Å². The van der Waals surface area contributed by atoms with E-state index in [4.69, 9.17) is 21.1 Å². The molecule has 0 fully saturated rings. The first kappa shape index (κ1) is 20.4. The van der Waals surface area contributed by atoms with E-state index in [-0.39, 0.29) is 16.1 Å². The van der Waals surface area contributed by atoms with Crippen molar-refractivity contribution in [3.05, 3.63) is 65.0 Å². The van der Waals surface area contributed by atoms with Crippen LogP contribution in [0.25, 0.3) is 0 Å². The van der Waals surface area contributed by atoms with Gasteiger partial charge in [0.1, 0.15) is 17.8 Å². The summed E-state index contributed by atoms with van der Waals surface area (Å²) in [7, 11) is 3.11. The molecule has 4 nitrogen and oxygen atoms in total. The second kappa shape index (κ2) is 7.22. The van der Waals surface area contributed by atoms with Gasteiger partial charge in [0.25, 0.3) is 0 Å². The minimum Gasteiger partial charge on any atom is -0.497 e. The smallest absolute Gasteiger partial charge is 0.422 e. The molecule has 0 amide bonds. The van der Waals surface area contributed by atoms with E-state index in [0.29, 0.717) is 17.2 Å². The molecule has 28 heavy (non-hydrogen) atoms. The van der Waals surface area contributed by atoms with Gasteiger partial charge in [-0.15, -0.1) is 0 Å². The van der Waals surface area contributed by atoms with Crippen LogP contribution in [0.2, 0.25) is 5.02 Å². The second-order valence-electron chi connectivity index (χ2n) is 6.57. The minimum absolute atomic E-state index is 0.0795. The number of methoxy groups -OCH3 is 1. The lowest BCUT2D eigenvalue weighted by Crippen LogP contribution is -2.46. The molecular formula is C20H19ClF3NO3. The Balaban J connectivity index is 2.13. The van der Waals surface area contributed by atoms with E-state index in [2.05, 4.69) is 0 Å². The van der Waals surface area contributed by atoms with E-state index in [9.17, 15) is 18.3 Å². The van der Waals surface area contributed by atoms with Crippen molar-refractivity contribution in [1.29, 1.82) is 0 Å². The van der Waals surface area contributed by atoms with Gasteiger partial charge in [-0.05, 0) is 35.4 Å². The molecule has 1 heterocycles. The predicted octanol–water partition coefficient (Wildman–Crippen LogP) is 5.20. The zero-order valence-electron chi connectivity index (χ0n) is 15.4. The van der Waals surface area contributed by atoms with Crippen molar-refractivity contribution in [2.75, 3.05) is 19.1 Å². The molecule has 0 aliphatic carbocycles. The molecule has 2 unspecified atom stereocenters. The average Bonchev–Trinajstić information content (AvgIpc) is 2.66. The lowest BCUT2D eigenvalue weighted by Gasteiger charge is -2.37. The normalized spacial score (nSPS) is 16.8. The van der Waals surface area contributed by atoms with Crippen LogP contribution in [0.1, 0.15) is 24.0 Å². The zero-order chi connectivity index (χ0) is 20.7. The lowest BCUT2D eigenvalue weighted by molar-refractivity contribution is -0.274. The Hall–Kier alpha value is -2.38. The number of ether oxygens (including phenoxy) is 2. The third-order valence-corrected chi connectivity index (χ3v) is 5.32. The van der Waals surface area contributed by atoms with Crippen LogP contribution in [0.3, 0.4) is 0 Å². The summed E-state index contributed by atoms with van der Waals surface area (Å²) < 4.78 is 52.8. The fourth-order valence-corrected chi connectivity index (χ4v) is 3.61. The number of alkyl halides is 3. The van der Waals surface area contributed by atoms with Gasteiger partial charge in [-0.2, -0.15) is 13.2 Å². The Morgan fingerprint density at radius 3 is 2.50 bits per heavy atom. The first-order valence-electron chi connectivity index (χ1n) is 8.42.